The smallest absolute Gasteiger partial charge is 0.300 e. The number of amides is 1. The number of hydrogen-bond donors (Lipinski definition) is 1. The highest BCUT2D eigenvalue weighted by Crippen LogP contribution is 2.44. The summed E-state index contributed by atoms with van der Waals surface area (Å²) >= 11 is 1.50. The van der Waals surface area contributed by atoms with Crippen LogP contribution in [0.15, 0.2) is 65.6 Å². The number of benzene rings is 2. The molecular formula is C26H23NO3S. The van der Waals surface area contributed by atoms with Gasteiger partial charge in [0.25, 0.3) is 11.7 Å². The van der Waals surface area contributed by atoms with E-state index in [0.717, 1.165) is 29.7 Å². The fraction of sp³-hybridized carbons (Fsp3) is 0.231. The lowest BCUT2D eigenvalue weighted by atomic mass is 9.89. The number of nitrogens with zero attached hydrogens (tertiary/aromatic N) is 1. The van der Waals surface area contributed by atoms with Crippen LogP contribution in [0.3, 0.4) is 0 Å². The predicted octanol–water partition coefficient (Wildman–Crippen LogP) is 5.56. The van der Waals surface area contributed by atoms with Crippen molar-refractivity contribution in [3.05, 3.63) is 92.7 Å². The van der Waals surface area contributed by atoms with Gasteiger partial charge in [0.05, 0.1) is 5.57 Å². The lowest BCUT2D eigenvalue weighted by Gasteiger charge is -2.25. The molecule has 1 aromatic heterocycles. The maximum Gasteiger partial charge on any atom is 0.300 e. The quantitative estimate of drug-likeness (QED) is 0.337. The number of thiophene rings is 1. The minimum absolute atomic E-state index is 0.0945. The summed E-state index contributed by atoms with van der Waals surface area (Å²) in [4.78, 5) is 28.8. The van der Waals surface area contributed by atoms with Gasteiger partial charge in [0.15, 0.2) is 0 Å². The molecule has 0 spiro atoms. The Bertz CT molecular complexity index is 1210. The van der Waals surface area contributed by atoms with E-state index in [0.29, 0.717) is 11.3 Å². The van der Waals surface area contributed by atoms with Gasteiger partial charge in [-0.25, -0.2) is 0 Å². The van der Waals surface area contributed by atoms with Gasteiger partial charge in [-0.05, 0) is 78.9 Å². The zero-order chi connectivity index (χ0) is 21.5. The van der Waals surface area contributed by atoms with Gasteiger partial charge < -0.3 is 5.11 Å². The number of aryl methyl sites for hydroxylation is 3. The highest BCUT2D eigenvalue weighted by atomic mass is 32.1. The van der Waals surface area contributed by atoms with Gasteiger partial charge in [0.2, 0.25) is 0 Å². The average Bonchev–Trinajstić information content (AvgIpc) is 3.34. The zero-order valence-corrected chi connectivity index (χ0v) is 18.1. The van der Waals surface area contributed by atoms with Crippen molar-refractivity contribution in [2.24, 2.45) is 0 Å². The van der Waals surface area contributed by atoms with Crippen LogP contribution >= 0.6 is 11.3 Å². The number of rotatable bonds is 3. The fourth-order valence-corrected chi connectivity index (χ4v) is 5.66. The average molecular weight is 430 g/mol. The number of aliphatic hydroxyl groups excluding tert-OH is 1. The van der Waals surface area contributed by atoms with Gasteiger partial charge in [0.1, 0.15) is 11.8 Å². The molecule has 3 aromatic rings. The third kappa shape index (κ3) is 3.29. The predicted molar refractivity (Wildman–Crippen MR) is 123 cm³/mol. The van der Waals surface area contributed by atoms with Crippen LogP contribution < -0.4 is 4.90 Å². The standard InChI is InChI=1S/C26H23NO3S/c1-16-13-14-31-25(16)22-21(24(29)26(30)27(22)20-9-3-2-4-10-20)23(28)19-12-11-17-7-5-6-8-18(17)15-19/h2-4,9-15,22,28H,5-8H2,1H3/b23-21-. The minimum atomic E-state index is -0.642. The Labute approximate surface area is 185 Å². The first-order chi connectivity index (χ1) is 15.1. The van der Waals surface area contributed by atoms with Crippen molar-refractivity contribution in [2.45, 2.75) is 38.6 Å². The molecular weight excluding hydrogens is 406 g/mol. The number of hydrogen-bond acceptors (Lipinski definition) is 4. The molecule has 0 radical (unpaired) electrons. The first-order valence-corrected chi connectivity index (χ1v) is 11.5. The van der Waals surface area contributed by atoms with Crippen LogP contribution in [-0.2, 0) is 22.4 Å². The normalized spacial score (nSPS) is 20.2. The number of ketones is 1. The molecule has 0 bridgehead atoms. The summed E-state index contributed by atoms with van der Waals surface area (Å²) in [5.74, 6) is -1.34. The SMILES string of the molecule is Cc1ccsc1C1/C(=C(/O)c2ccc3c(c2)CCCC3)C(=O)C(=O)N1c1ccccc1. The second-order valence-electron chi connectivity index (χ2n) is 8.16. The Balaban J connectivity index is 1.70. The first-order valence-electron chi connectivity index (χ1n) is 10.6. The number of anilines is 1. The van der Waals surface area contributed by atoms with E-state index in [2.05, 4.69) is 0 Å². The summed E-state index contributed by atoms with van der Waals surface area (Å²) in [6.45, 7) is 1.97. The third-order valence-electron chi connectivity index (χ3n) is 6.25. The van der Waals surface area contributed by atoms with Gasteiger partial charge in [-0.2, -0.15) is 0 Å². The summed E-state index contributed by atoms with van der Waals surface area (Å²) < 4.78 is 0. The maximum absolute atomic E-state index is 13.2. The molecule has 156 valence electrons. The molecule has 2 aliphatic rings. The van der Waals surface area contributed by atoms with Crippen molar-refractivity contribution >= 4 is 34.5 Å². The molecule has 2 heterocycles. The Kier molecular flexibility index (Phi) is 4.98. The van der Waals surface area contributed by atoms with E-state index in [-0.39, 0.29) is 11.3 Å². The van der Waals surface area contributed by atoms with Gasteiger partial charge >= 0.3 is 0 Å². The van der Waals surface area contributed by atoms with E-state index in [1.165, 1.54) is 33.8 Å². The van der Waals surface area contributed by atoms with Crippen molar-refractivity contribution in [3.8, 4) is 0 Å². The van der Waals surface area contributed by atoms with E-state index < -0.39 is 17.7 Å². The van der Waals surface area contributed by atoms with Crippen molar-refractivity contribution in [1.29, 1.82) is 0 Å². The fourth-order valence-electron chi connectivity index (χ4n) is 4.64. The first kappa shape index (κ1) is 19.8. The van der Waals surface area contributed by atoms with E-state index >= 15 is 0 Å². The number of aliphatic hydroxyl groups is 1. The van der Waals surface area contributed by atoms with E-state index in [4.69, 9.17) is 0 Å². The second kappa shape index (κ2) is 7.82. The Morgan fingerprint density at radius 1 is 1.00 bits per heavy atom. The molecule has 1 amide bonds. The lowest BCUT2D eigenvalue weighted by Crippen LogP contribution is -2.29. The molecule has 5 rings (SSSR count). The van der Waals surface area contributed by atoms with Crippen LogP contribution in [-0.4, -0.2) is 16.8 Å². The van der Waals surface area contributed by atoms with Crippen LogP contribution in [0.25, 0.3) is 5.76 Å². The van der Waals surface area contributed by atoms with Gasteiger partial charge in [-0.3, -0.25) is 14.5 Å². The van der Waals surface area contributed by atoms with Gasteiger partial charge in [-0.1, -0.05) is 30.3 Å². The number of carbonyl (C=O) groups is 2. The Hall–Kier alpha value is -3.18. The van der Waals surface area contributed by atoms with E-state index in [9.17, 15) is 14.7 Å². The molecule has 1 aliphatic carbocycles. The monoisotopic (exact) mass is 429 g/mol. The largest absolute Gasteiger partial charge is 0.507 e. The highest BCUT2D eigenvalue weighted by Gasteiger charge is 2.47. The molecule has 0 saturated carbocycles. The molecule has 1 N–H and O–H groups in total. The number of fused-ring (bicyclic) bond motifs is 1. The van der Waals surface area contributed by atoms with Crippen LogP contribution in [0.5, 0.6) is 0 Å². The van der Waals surface area contributed by atoms with Crippen molar-refractivity contribution in [1.82, 2.24) is 0 Å². The molecule has 5 heteroatoms. The van der Waals surface area contributed by atoms with Crippen molar-refractivity contribution in [3.63, 3.8) is 0 Å². The van der Waals surface area contributed by atoms with Crippen LogP contribution in [0, 0.1) is 6.92 Å². The van der Waals surface area contributed by atoms with Gasteiger partial charge in [0, 0.05) is 16.1 Å². The van der Waals surface area contributed by atoms with Crippen LogP contribution in [0.4, 0.5) is 5.69 Å². The number of Topliss-reactive ketones (excluding diaryl/α,β-unsaturated/α-hetero) is 1. The van der Waals surface area contributed by atoms with Gasteiger partial charge in [-0.15, -0.1) is 11.3 Å². The summed E-state index contributed by atoms with van der Waals surface area (Å²) in [7, 11) is 0. The summed E-state index contributed by atoms with van der Waals surface area (Å²) in [5.41, 5.74) is 4.93. The molecule has 4 nitrogen and oxygen atoms in total. The second-order valence-corrected chi connectivity index (χ2v) is 9.11. The van der Waals surface area contributed by atoms with Crippen LogP contribution in [0.2, 0.25) is 0 Å². The zero-order valence-electron chi connectivity index (χ0n) is 17.3. The van der Waals surface area contributed by atoms with Crippen LogP contribution in [0.1, 0.15) is 46.0 Å². The molecule has 1 atom stereocenters. The van der Waals surface area contributed by atoms with Crippen molar-refractivity contribution < 1.29 is 14.7 Å². The summed E-state index contributed by atoms with van der Waals surface area (Å²) in [6.07, 6.45) is 4.33. The number of para-hydroxylation sites is 1. The minimum Gasteiger partial charge on any atom is -0.507 e. The molecule has 2 aromatic carbocycles. The van der Waals surface area contributed by atoms with E-state index in [1.54, 1.807) is 0 Å². The molecule has 1 aliphatic heterocycles. The summed E-state index contributed by atoms with van der Waals surface area (Å²) in [6, 6.07) is 16.4. The Morgan fingerprint density at radius 2 is 1.74 bits per heavy atom. The lowest BCUT2D eigenvalue weighted by molar-refractivity contribution is -0.132. The third-order valence-corrected chi connectivity index (χ3v) is 7.32. The van der Waals surface area contributed by atoms with Crippen molar-refractivity contribution in [2.75, 3.05) is 4.90 Å². The molecule has 31 heavy (non-hydrogen) atoms. The Morgan fingerprint density at radius 3 is 2.45 bits per heavy atom. The number of carbonyl (C=O) groups excluding carboxylic acids is 2. The molecule has 1 fully saturated rings. The molecule has 1 unspecified atom stereocenters. The topological polar surface area (TPSA) is 57.6 Å². The summed E-state index contributed by atoms with van der Waals surface area (Å²) in [5, 5.41) is 13.3. The highest BCUT2D eigenvalue weighted by molar-refractivity contribution is 7.10. The van der Waals surface area contributed by atoms with E-state index in [1.807, 2.05) is 66.9 Å². The maximum atomic E-state index is 13.2. The molecule has 1 saturated heterocycles.